The van der Waals surface area contributed by atoms with Crippen molar-refractivity contribution < 1.29 is 14.3 Å². The molecule has 41 heavy (non-hydrogen) atoms. The van der Waals surface area contributed by atoms with Gasteiger partial charge in [-0.05, 0) is 0 Å². The van der Waals surface area contributed by atoms with Gasteiger partial charge in [0.1, 0.15) is 0 Å². The molecule has 8 nitrogen and oxygen atoms in total. The summed E-state index contributed by atoms with van der Waals surface area (Å²) in [6.07, 6.45) is 2.24. The van der Waals surface area contributed by atoms with E-state index in [0.717, 1.165) is 80.7 Å². The number of methoxy groups -OCH3 is 1. The van der Waals surface area contributed by atoms with Gasteiger partial charge in [0.15, 0.2) is 0 Å². The van der Waals surface area contributed by atoms with Gasteiger partial charge in [0.05, 0.1) is 6.61 Å². The van der Waals surface area contributed by atoms with Crippen LogP contribution in [0.4, 0.5) is 5.13 Å². The van der Waals surface area contributed by atoms with Gasteiger partial charge in [-0.3, -0.25) is 4.90 Å². The van der Waals surface area contributed by atoms with Crippen molar-refractivity contribution in [2.24, 2.45) is 11.8 Å². The molecule has 2 aromatic rings. The van der Waals surface area contributed by atoms with Crippen LogP contribution in [0.3, 0.4) is 0 Å². The Morgan fingerprint density at radius 2 is 1.85 bits per heavy atom. The summed E-state index contributed by atoms with van der Waals surface area (Å²) in [5.41, 5.74) is 3.38. The maximum absolute atomic E-state index is 13.4. The Hall–Kier alpha value is -2.56. The van der Waals surface area contributed by atoms with Gasteiger partial charge < -0.3 is 4.74 Å². The van der Waals surface area contributed by atoms with Crippen LogP contribution in [0, 0.1) is 11.8 Å². The molecule has 10 heteroatoms. The van der Waals surface area contributed by atoms with Crippen LogP contribution in [0.25, 0.3) is 11.3 Å². The molecule has 2 fully saturated rings. The van der Waals surface area contributed by atoms with Crippen molar-refractivity contribution in [2.45, 2.75) is 59.0 Å². The minimum atomic E-state index is -0.226. The molecule has 1 aromatic heterocycles. The van der Waals surface area contributed by atoms with Crippen LogP contribution >= 0.6 is 11.3 Å². The summed E-state index contributed by atoms with van der Waals surface area (Å²) in [7, 11) is 6.14. The number of aromatic nitrogens is 1. The van der Waals surface area contributed by atoms with Crippen LogP contribution in [-0.2, 0) is 9.53 Å². The molecule has 1 N–H and O–H groups in total. The quantitative estimate of drug-likeness (QED) is 0.365. The zero-order chi connectivity index (χ0) is 29.5. The number of ketones is 1. The van der Waals surface area contributed by atoms with Crippen molar-refractivity contribution in [3.63, 3.8) is 0 Å². The molecule has 2 aliphatic heterocycles. The molecular formula is C31H46BN5O3S. The van der Waals surface area contributed by atoms with Gasteiger partial charge >= 0.3 is 195 Å². The maximum atomic E-state index is 13.4. The van der Waals surface area contributed by atoms with E-state index in [0.29, 0.717) is 23.8 Å². The molecule has 0 bridgehead atoms. The fourth-order valence-electron chi connectivity index (χ4n) is 5.88. The number of hydrogen-bond donors (Lipinski definition) is 1. The van der Waals surface area contributed by atoms with Crippen molar-refractivity contribution in [2.75, 3.05) is 57.9 Å². The van der Waals surface area contributed by atoms with Crippen molar-refractivity contribution in [3.05, 3.63) is 35.2 Å². The third-order valence-corrected chi connectivity index (χ3v) is 9.25. The van der Waals surface area contributed by atoms with Crippen LogP contribution in [0.15, 0.2) is 29.6 Å². The first-order valence-electron chi connectivity index (χ1n) is 15.0. The Kier molecular flexibility index (Phi) is 11.1. The number of Topliss-reactive ketones (excluding diaryl/α,β-unsaturated/α-hetero) is 1. The number of carbonyl (C=O) groups is 2. The molecular weight excluding hydrogens is 533 g/mol. The summed E-state index contributed by atoms with van der Waals surface area (Å²) in [6, 6.07) is 7.31. The Morgan fingerprint density at radius 3 is 2.49 bits per heavy atom. The molecule has 0 radical (unpaired) electrons. The number of rotatable bonds is 13. The molecule has 2 aliphatic rings. The van der Waals surface area contributed by atoms with Crippen molar-refractivity contribution in [1.29, 1.82) is 0 Å². The summed E-state index contributed by atoms with van der Waals surface area (Å²) >= 11 is 1.67. The van der Waals surface area contributed by atoms with Crippen molar-refractivity contribution in [1.82, 2.24) is 20.1 Å². The Labute approximate surface area is 250 Å². The number of carbonyl (C=O) groups excluding carboxylic acids is 2. The van der Waals surface area contributed by atoms with Gasteiger partial charge in [-0.25, -0.2) is 0 Å². The number of hydrogen-bond acceptors (Lipinski definition) is 8. The zero-order valence-electron chi connectivity index (χ0n) is 25.4. The standard InChI is InChI=1S/C31H46BN5O3S/c1-6-27(38)28-22(4)11-12-37(28)29(32)25(19-21(2)3)33-30(39)24-9-7-23(8-10-24)26-20-41-31(34-26)36-15-13-35(14-16-36)17-18-40-5/h7-10,20-22,25,28,32H,6,11-19H2,1-5H3,(H,33,39)/t22-,25?,28+/m1/s1. The first-order valence-corrected chi connectivity index (χ1v) is 15.9. The number of nitrogens with zero attached hydrogens (tertiary/aromatic N) is 4. The summed E-state index contributed by atoms with van der Waals surface area (Å²) in [5.74, 6) is 0.779. The van der Waals surface area contributed by atoms with E-state index in [2.05, 4.69) is 53.7 Å². The van der Waals surface area contributed by atoms with Gasteiger partial charge in [-0.2, -0.15) is 0 Å². The van der Waals surface area contributed by atoms with Crippen LogP contribution in [-0.4, -0.2) is 105 Å². The topological polar surface area (TPSA) is 78.0 Å². The number of anilines is 1. The van der Waals surface area contributed by atoms with E-state index >= 15 is 0 Å². The Balaban J connectivity index is 1.39. The van der Waals surface area contributed by atoms with E-state index in [-0.39, 0.29) is 23.8 Å². The number of thiazole rings is 1. The number of likely N-dealkylation sites (tertiary alicyclic amines) is 1. The summed E-state index contributed by atoms with van der Waals surface area (Å²) in [5, 5.41) is 6.37. The number of amides is 1. The van der Waals surface area contributed by atoms with Crippen LogP contribution < -0.4 is 10.2 Å². The molecule has 0 spiro atoms. The summed E-state index contributed by atoms with van der Waals surface area (Å²) < 4.78 is 5.21. The molecule has 1 amide bonds. The average molecular weight is 580 g/mol. The van der Waals surface area contributed by atoms with E-state index in [4.69, 9.17) is 9.72 Å². The van der Waals surface area contributed by atoms with Crippen molar-refractivity contribution in [3.8, 4) is 11.3 Å². The predicted octanol–water partition coefficient (Wildman–Crippen LogP) is 3.44. The molecule has 4 rings (SSSR count). The second-order valence-electron chi connectivity index (χ2n) is 11.8. The molecule has 0 saturated carbocycles. The summed E-state index contributed by atoms with van der Waals surface area (Å²) in [4.78, 5) is 37.9. The van der Waals surface area contributed by atoms with E-state index in [1.54, 1.807) is 18.4 Å². The molecule has 1 aromatic carbocycles. The molecule has 2 saturated heterocycles. The Morgan fingerprint density at radius 1 is 1.15 bits per heavy atom. The SMILES string of the molecule is B=C(C(CC(C)C)NC(=O)c1ccc(-c2csc(N3CCN(CCOC)CC3)n2)cc1)N1CC[C@@H](C)[C@H]1C(=O)CC. The normalized spacial score (nSPS) is 20.4. The predicted molar refractivity (Wildman–Crippen MR) is 171 cm³/mol. The minimum absolute atomic E-state index is 0.126. The summed E-state index contributed by atoms with van der Waals surface area (Å²) in [6.45, 7) is 14.8. The van der Waals surface area contributed by atoms with Gasteiger partial charge in [0.25, 0.3) is 0 Å². The van der Waals surface area contributed by atoms with Gasteiger partial charge in [-0.15, -0.1) is 0 Å². The monoisotopic (exact) mass is 579 g/mol. The molecule has 0 aliphatic carbocycles. The second kappa shape index (κ2) is 14.6. The number of nitrogens with one attached hydrogen (secondary N) is 1. The van der Waals surface area contributed by atoms with Crippen LogP contribution in [0.5, 0.6) is 0 Å². The van der Waals surface area contributed by atoms with E-state index < -0.39 is 0 Å². The Bertz CT molecular complexity index is 1180. The van der Waals surface area contributed by atoms with E-state index in [9.17, 15) is 9.59 Å². The fourth-order valence-corrected chi connectivity index (χ4v) is 6.77. The molecule has 3 heterocycles. The van der Waals surface area contributed by atoms with Crippen molar-refractivity contribution >= 4 is 41.2 Å². The van der Waals surface area contributed by atoms with E-state index in [1.165, 1.54) is 0 Å². The van der Waals surface area contributed by atoms with Gasteiger partial charge in [-0.1, -0.05) is 0 Å². The number of ether oxygens (including phenoxy) is 1. The average Bonchev–Trinajstić information content (AvgIpc) is 3.62. The third kappa shape index (κ3) is 7.84. The molecule has 3 atom stereocenters. The fraction of sp³-hybridized carbons (Fsp3) is 0.613. The first kappa shape index (κ1) is 31.4. The molecule has 1 unspecified atom stereocenters. The number of benzene rings is 1. The van der Waals surface area contributed by atoms with Crippen LogP contribution in [0.1, 0.15) is 57.3 Å². The van der Waals surface area contributed by atoms with E-state index in [1.807, 2.05) is 31.2 Å². The first-order chi connectivity index (χ1) is 19.7. The second-order valence-corrected chi connectivity index (χ2v) is 12.6. The third-order valence-electron chi connectivity index (χ3n) is 8.35. The van der Waals surface area contributed by atoms with Crippen LogP contribution in [0.2, 0.25) is 0 Å². The van der Waals surface area contributed by atoms with Gasteiger partial charge in [0.2, 0.25) is 0 Å². The zero-order valence-corrected chi connectivity index (χ0v) is 26.2. The number of piperazine rings is 1. The van der Waals surface area contributed by atoms with Gasteiger partial charge in [0, 0.05) is 39.8 Å². The molecule has 222 valence electrons.